The molecule has 3 N–H and O–H groups in total. The van der Waals surface area contributed by atoms with Crippen molar-refractivity contribution >= 4 is 0 Å². The minimum absolute atomic E-state index is 0.130. The molecule has 1 unspecified atom stereocenters. The fourth-order valence-electron chi connectivity index (χ4n) is 2.13. The molecule has 16 heavy (non-hydrogen) atoms. The summed E-state index contributed by atoms with van der Waals surface area (Å²) in [6.07, 6.45) is 1.81. The minimum Gasteiger partial charge on any atom is -0.394 e. The lowest BCUT2D eigenvalue weighted by Crippen LogP contribution is -2.42. The van der Waals surface area contributed by atoms with Gasteiger partial charge < -0.3 is 20.4 Å². The highest BCUT2D eigenvalue weighted by Crippen LogP contribution is 2.16. The van der Waals surface area contributed by atoms with Crippen molar-refractivity contribution in [1.29, 1.82) is 0 Å². The summed E-state index contributed by atoms with van der Waals surface area (Å²) in [4.78, 5) is 2.24. The van der Waals surface area contributed by atoms with E-state index in [1.807, 2.05) is 0 Å². The highest BCUT2D eigenvalue weighted by atomic mass is 16.3. The first-order valence-electron chi connectivity index (χ1n) is 6.36. The Hall–Kier alpha value is -0.160. The molecule has 1 aliphatic rings. The maximum absolute atomic E-state index is 9.35. The van der Waals surface area contributed by atoms with Crippen LogP contribution in [0.5, 0.6) is 0 Å². The molecule has 0 aromatic heterocycles. The van der Waals surface area contributed by atoms with Gasteiger partial charge >= 0.3 is 0 Å². The molecule has 1 atom stereocenters. The zero-order valence-corrected chi connectivity index (χ0v) is 10.5. The molecule has 4 heteroatoms. The molecule has 0 spiro atoms. The minimum atomic E-state index is -0.578. The average Bonchev–Trinajstić information content (AvgIpc) is 2.28. The molecule has 0 aromatic carbocycles. The number of aliphatic hydroxyl groups is 2. The lowest BCUT2D eigenvalue weighted by atomic mass is 9.96. The van der Waals surface area contributed by atoms with Gasteiger partial charge in [0.2, 0.25) is 0 Å². The second kappa shape index (κ2) is 7.22. The van der Waals surface area contributed by atoms with Crippen LogP contribution in [0.2, 0.25) is 0 Å². The van der Waals surface area contributed by atoms with Crippen LogP contribution in [0.15, 0.2) is 0 Å². The summed E-state index contributed by atoms with van der Waals surface area (Å²) in [6, 6.07) is 0.564. The zero-order valence-electron chi connectivity index (χ0n) is 10.5. The van der Waals surface area contributed by atoms with Crippen LogP contribution in [0, 0.1) is 5.92 Å². The second-order valence-corrected chi connectivity index (χ2v) is 5.14. The van der Waals surface area contributed by atoms with Crippen molar-refractivity contribution in [3.05, 3.63) is 0 Å². The van der Waals surface area contributed by atoms with Crippen molar-refractivity contribution < 1.29 is 10.2 Å². The highest BCUT2D eigenvalue weighted by molar-refractivity contribution is 4.75. The number of aliphatic hydroxyl groups excluding tert-OH is 2. The number of hydrogen-bond acceptors (Lipinski definition) is 4. The topological polar surface area (TPSA) is 55.7 Å². The Morgan fingerprint density at radius 1 is 1.31 bits per heavy atom. The van der Waals surface area contributed by atoms with Crippen LogP contribution in [0.1, 0.15) is 26.7 Å². The lowest BCUT2D eigenvalue weighted by Gasteiger charge is -2.33. The Bertz CT molecular complexity index is 180. The number of rotatable bonds is 6. The molecule has 0 bridgehead atoms. The number of likely N-dealkylation sites (tertiary alicyclic amines) is 1. The van der Waals surface area contributed by atoms with Gasteiger partial charge in [-0.3, -0.25) is 0 Å². The summed E-state index contributed by atoms with van der Waals surface area (Å²) in [5, 5.41) is 21.6. The van der Waals surface area contributed by atoms with E-state index in [0.29, 0.717) is 12.6 Å². The Kier molecular flexibility index (Phi) is 6.28. The first kappa shape index (κ1) is 13.9. The predicted octanol–water partition coefficient (Wildman–Crippen LogP) is 0.0496. The third-order valence-electron chi connectivity index (χ3n) is 3.20. The molecule has 0 amide bonds. The molecule has 4 nitrogen and oxygen atoms in total. The van der Waals surface area contributed by atoms with Gasteiger partial charge in [-0.2, -0.15) is 0 Å². The first-order valence-corrected chi connectivity index (χ1v) is 6.36. The van der Waals surface area contributed by atoms with Crippen LogP contribution in [-0.2, 0) is 0 Å². The monoisotopic (exact) mass is 230 g/mol. The molecular formula is C12H26N2O2. The van der Waals surface area contributed by atoms with Gasteiger partial charge in [0.25, 0.3) is 0 Å². The van der Waals surface area contributed by atoms with E-state index < -0.39 is 6.10 Å². The molecule has 1 aliphatic heterocycles. The lowest BCUT2D eigenvalue weighted by molar-refractivity contribution is 0.0473. The van der Waals surface area contributed by atoms with E-state index in [1.54, 1.807) is 0 Å². The summed E-state index contributed by atoms with van der Waals surface area (Å²) in [5.41, 5.74) is 0. The van der Waals surface area contributed by atoms with E-state index in [-0.39, 0.29) is 6.61 Å². The van der Waals surface area contributed by atoms with Gasteiger partial charge in [-0.15, -0.1) is 0 Å². The van der Waals surface area contributed by atoms with E-state index >= 15 is 0 Å². The van der Waals surface area contributed by atoms with Gasteiger partial charge in [-0.1, -0.05) is 13.8 Å². The number of nitrogens with one attached hydrogen (secondary N) is 1. The van der Waals surface area contributed by atoms with Crippen LogP contribution in [0.25, 0.3) is 0 Å². The molecule has 0 radical (unpaired) electrons. The SMILES string of the molecule is CC(C)NCC1CCN(CC(O)CO)CC1. The van der Waals surface area contributed by atoms with Crippen LogP contribution >= 0.6 is 0 Å². The Morgan fingerprint density at radius 2 is 1.94 bits per heavy atom. The first-order chi connectivity index (χ1) is 7.61. The van der Waals surface area contributed by atoms with Crippen LogP contribution < -0.4 is 5.32 Å². The van der Waals surface area contributed by atoms with Gasteiger partial charge in [0.05, 0.1) is 12.7 Å². The molecule has 1 heterocycles. The van der Waals surface area contributed by atoms with Crippen molar-refractivity contribution in [1.82, 2.24) is 10.2 Å². The normalized spacial score (nSPS) is 21.6. The van der Waals surface area contributed by atoms with E-state index in [2.05, 4.69) is 24.1 Å². The predicted molar refractivity (Wildman–Crippen MR) is 65.4 cm³/mol. The van der Waals surface area contributed by atoms with Gasteiger partial charge in [0, 0.05) is 12.6 Å². The van der Waals surface area contributed by atoms with Crippen LogP contribution in [-0.4, -0.2) is 60.0 Å². The Balaban J connectivity index is 2.13. The molecule has 0 aliphatic carbocycles. The van der Waals surface area contributed by atoms with Crippen LogP contribution in [0.4, 0.5) is 0 Å². The second-order valence-electron chi connectivity index (χ2n) is 5.14. The molecule has 1 saturated heterocycles. The largest absolute Gasteiger partial charge is 0.394 e. The number of hydrogen-bond donors (Lipinski definition) is 3. The standard InChI is InChI=1S/C12H26N2O2/c1-10(2)13-7-11-3-5-14(6-4-11)8-12(16)9-15/h10-13,15-16H,3-9H2,1-2H3. The molecule has 1 fully saturated rings. The number of piperidine rings is 1. The Morgan fingerprint density at radius 3 is 2.44 bits per heavy atom. The van der Waals surface area contributed by atoms with E-state index in [1.165, 1.54) is 12.8 Å². The van der Waals surface area contributed by atoms with Gasteiger partial charge in [0.1, 0.15) is 0 Å². The van der Waals surface area contributed by atoms with Crippen molar-refractivity contribution in [2.75, 3.05) is 32.8 Å². The summed E-state index contributed by atoms with van der Waals surface area (Å²) in [7, 11) is 0. The molecular weight excluding hydrogens is 204 g/mol. The number of β-amino-alcohol motifs (C(OH)–C–C–N with tert-alkyl or cyclic N) is 1. The zero-order chi connectivity index (χ0) is 12.0. The molecule has 0 saturated carbocycles. The number of nitrogens with zero attached hydrogens (tertiary/aromatic N) is 1. The molecule has 96 valence electrons. The van der Waals surface area contributed by atoms with Crippen molar-refractivity contribution in [3.8, 4) is 0 Å². The third kappa shape index (κ3) is 5.25. The van der Waals surface area contributed by atoms with Crippen molar-refractivity contribution in [2.24, 2.45) is 5.92 Å². The Labute approximate surface area is 98.6 Å². The van der Waals surface area contributed by atoms with Crippen molar-refractivity contribution in [3.63, 3.8) is 0 Å². The van der Waals surface area contributed by atoms with Gasteiger partial charge in [0.15, 0.2) is 0 Å². The molecule has 1 rings (SSSR count). The summed E-state index contributed by atoms with van der Waals surface area (Å²) >= 11 is 0. The summed E-state index contributed by atoms with van der Waals surface area (Å²) < 4.78 is 0. The van der Waals surface area contributed by atoms with Gasteiger partial charge in [-0.25, -0.2) is 0 Å². The average molecular weight is 230 g/mol. The quantitative estimate of drug-likeness (QED) is 0.603. The van der Waals surface area contributed by atoms with Crippen molar-refractivity contribution in [2.45, 2.75) is 38.8 Å². The fourth-order valence-corrected chi connectivity index (χ4v) is 2.13. The maximum Gasteiger partial charge on any atom is 0.0897 e. The van der Waals surface area contributed by atoms with Crippen LogP contribution in [0.3, 0.4) is 0 Å². The van der Waals surface area contributed by atoms with E-state index in [9.17, 15) is 5.11 Å². The summed E-state index contributed by atoms with van der Waals surface area (Å²) in [5.74, 6) is 0.768. The third-order valence-corrected chi connectivity index (χ3v) is 3.20. The highest BCUT2D eigenvalue weighted by Gasteiger charge is 2.20. The molecule has 0 aromatic rings. The summed E-state index contributed by atoms with van der Waals surface area (Å²) in [6.45, 7) is 8.02. The van der Waals surface area contributed by atoms with E-state index in [4.69, 9.17) is 5.11 Å². The smallest absolute Gasteiger partial charge is 0.0897 e. The maximum atomic E-state index is 9.35. The van der Waals surface area contributed by atoms with Gasteiger partial charge in [-0.05, 0) is 38.4 Å². The van der Waals surface area contributed by atoms with E-state index in [0.717, 1.165) is 25.6 Å². The fraction of sp³-hybridized carbons (Fsp3) is 1.00.